The van der Waals surface area contributed by atoms with Crippen LogP contribution in [0.4, 0.5) is 5.82 Å². The lowest BCUT2D eigenvalue weighted by molar-refractivity contribution is 0.0949. The molecular weight excluding hydrogens is 316 g/mol. The average molecular weight is 333 g/mol. The maximum atomic E-state index is 12.0. The summed E-state index contributed by atoms with van der Waals surface area (Å²) in [6.07, 6.45) is 3.63. The van der Waals surface area contributed by atoms with Gasteiger partial charge in [0.05, 0.1) is 5.56 Å². The van der Waals surface area contributed by atoms with Crippen LogP contribution >= 0.6 is 27.7 Å². The summed E-state index contributed by atoms with van der Waals surface area (Å²) >= 11 is 5.05. The van der Waals surface area contributed by atoms with Crippen molar-refractivity contribution in [2.45, 2.75) is 6.92 Å². The minimum Gasteiger partial charge on any atom is -0.352 e. The molecule has 1 heterocycles. The van der Waals surface area contributed by atoms with E-state index in [1.54, 1.807) is 24.0 Å². The molecule has 1 amide bonds. The topological polar surface area (TPSA) is 80.0 Å². The molecule has 1 aromatic rings. The number of hydrogen-bond acceptors (Lipinski definition) is 5. The van der Waals surface area contributed by atoms with Crippen molar-refractivity contribution in [1.82, 2.24) is 10.3 Å². The van der Waals surface area contributed by atoms with Crippen LogP contribution in [0.2, 0.25) is 0 Å². The Morgan fingerprint density at radius 3 is 3.00 bits per heavy atom. The number of nitrogens with one attached hydrogen (secondary N) is 2. The van der Waals surface area contributed by atoms with Crippen molar-refractivity contribution < 1.29 is 4.79 Å². The number of nitrogens with zero attached hydrogens (tertiary/aromatic N) is 1. The summed E-state index contributed by atoms with van der Waals surface area (Å²) in [6, 6.07) is 1.69. The number of carbonyl (C=O) groups is 1. The van der Waals surface area contributed by atoms with E-state index in [4.69, 9.17) is 5.84 Å². The summed E-state index contributed by atoms with van der Waals surface area (Å²) in [4.78, 5) is 16.0. The van der Waals surface area contributed by atoms with Gasteiger partial charge in [0.25, 0.3) is 5.91 Å². The van der Waals surface area contributed by atoms with E-state index in [0.717, 1.165) is 10.2 Å². The van der Waals surface area contributed by atoms with Crippen molar-refractivity contribution >= 4 is 39.4 Å². The summed E-state index contributed by atoms with van der Waals surface area (Å²) in [5.41, 5.74) is 2.85. The third kappa shape index (κ3) is 4.47. The monoisotopic (exact) mass is 332 g/mol. The van der Waals surface area contributed by atoms with Crippen LogP contribution in [0.5, 0.6) is 0 Å². The Bertz CT molecular complexity index is 416. The number of nitrogens with two attached hydrogens (primary N) is 1. The van der Waals surface area contributed by atoms with E-state index < -0.39 is 0 Å². The molecule has 0 bridgehead atoms. The maximum absolute atomic E-state index is 12.0. The Morgan fingerprint density at radius 2 is 2.39 bits per heavy atom. The number of hydrazine groups is 1. The Kier molecular flexibility index (Phi) is 6.45. The first-order valence-corrected chi connectivity index (χ1v) is 7.66. The van der Waals surface area contributed by atoms with Crippen LogP contribution in [0, 0.1) is 5.92 Å². The molecule has 1 unspecified atom stereocenters. The fraction of sp³-hybridized carbons (Fsp3) is 0.455. The molecule has 1 atom stereocenters. The smallest absolute Gasteiger partial charge is 0.255 e. The fourth-order valence-corrected chi connectivity index (χ4v) is 2.45. The van der Waals surface area contributed by atoms with Crippen molar-refractivity contribution in [3.8, 4) is 0 Å². The predicted molar refractivity (Wildman–Crippen MR) is 79.6 cm³/mol. The van der Waals surface area contributed by atoms with Crippen molar-refractivity contribution in [1.29, 1.82) is 0 Å². The molecule has 7 heteroatoms. The van der Waals surface area contributed by atoms with Gasteiger partial charge >= 0.3 is 0 Å². The van der Waals surface area contributed by atoms with Crippen molar-refractivity contribution in [3.63, 3.8) is 0 Å². The standard InChI is InChI=1S/C11H17BrN4OS/c1-7(6-18-2)4-15-11(17)9-3-8(12)5-14-10(9)16-13/h3,5,7H,4,6,13H2,1-2H3,(H,14,16)(H,15,17). The van der Waals surface area contributed by atoms with Gasteiger partial charge in [0.2, 0.25) is 0 Å². The highest BCUT2D eigenvalue weighted by molar-refractivity contribution is 9.10. The van der Waals surface area contributed by atoms with E-state index >= 15 is 0 Å². The van der Waals surface area contributed by atoms with Crippen LogP contribution in [0.15, 0.2) is 16.7 Å². The Labute approximate surface area is 119 Å². The minimum absolute atomic E-state index is 0.176. The highest BCUT2D eigenvalue weighted by Crippen LogP contribution is 2.17. The van der Waals surface area contributed by atoms with Gasteiger partial charge in [0.1, 0.15) is 0 Å². The van der Waals surface area contributed by atoms with Crippen molar-refractivity contribution in [3.05, 3.63) is 22.3 Å². The second kappa shape index (κ2) is 7.60. The van der Waals surface area contributed by atoms with Crippen LogP contribution in [0.1, 0.15) is 17.3 Å². The normalized spacial score (nSPS) is 12.0. The molecule has 0 fully saturated rings. The number of amides is 1. The number of thioether (sulfide) groups is 1. The van der Waals surface area contributed by atoms with E-state index in [-0.39, 0.29) is 5.91 Å². The molecule has 5 nitrogen and oxygen atoms in total. The molecule has 0 aliphatic carbocycles. The van der Waals surface area contributed by atoms with E-state index in [0.29, 0.717) is 23.8 Å². The molecule has 0 saturated carbocycles. The first-order valence-electron chi connectivity index (χ1n) is 5.47. The lowest BCUT2D eigenvalue weighted by Gasteiger charge is -2.12. The third-order valence-corrected chi connectivity index (χ3v) is 3.63. The lowest BCUT2D eigenvalue weighted by atomic mass is 10.2. The summed E-state index contributed by atoms with van der Waals surface area (Å²) in [7, 11) is 0. The number of hydrogen-bond donors (Lipinski definition) is 3. The molecule has 0 saturated heterocycles. The second-order valence-electron chi connectivity index (χ2n) is 3.96. The summed E-state index contributed by atoms with van der Waals surface area (Å²) in [5.74, 6) is 6.97. The number of nitrogen functional groups attached to an aromatic ring is 1. The Balaban J connectivity index is 2.68. The van der Waals surface area contributed by atoms with Crippen LogP contribution in [-0.4, -0.2) is 29.4 Å². The molecule has 0 spiro atoms. The van der Waals surface area contributed by atoms with Crippen LogP contribution in [-0.2, 0) is 0 Å². The Morgan fingerprint density at radius 1 is 1.67 bits per heavy atom. The largest absolute Gasteiger partial charge is 0.352 e. The molecule has 0 aromatic carbocycles. The van der Waals surface area contributed by atoms with E-state index in [2.05, 4.69) is 38.6 Å². The van der Waals surface area contributed by atoms with Crippen LogP contribution in [0.3, 0.4) is 0 Å². The SMILES string of the molecule is CSCC(C)CNC(=O)c1cc(Br)cnc1NN. The third-order valence-electron chi connectivity index (χ3n) is 2.30. The lowest BCUT2D eigenvalue weighted by Crippen LogP contribution is -2.30. The first-order chi connectivity index (χ1) is 8.58. The van der Waals surface area contributed by atoms with Gasteiger partial charge in [0.15, 0.2) is 5.82 Å². The van der Waals surface area contributed by atoms with Gasteiger partial charge in [-0.1, -0.05) is 6.92 Å². The van der Waals surface area contributed by atoms with Crippen LogP contribution < -0.4 is 16.6 Å². The Hall–Kier alpha value is -0.790. The van der Waals surface area contributed by atoms with E-state index in [1.807, 2.05) is 6.26 Å². The molecule has 1 aromatic heterocycles. The fourth-order valence-electron chi connectivity index (χ4n) is 1.43. The van der Waals surface area contributed by atoms with Gasteiger partial charge in [-0.15, -0.1) is 0 Å². The summed E-state index contributed by atoms with van der Waals surface area (Å²) in [6.45, 7) is 2.73. The second-order valence-corrected chi connectivity index (χ2v) is 5.79. The number of aromatic nitrogens is 1. The maximum Gasteiger partial charge on any atom is 0.255 e. The molecule has 1 rings (SSSR count). The first kappa shape index (κ1) is 15.3. The molecule has 0 aliphatic rings. The predicted octanol–water partition coefficient (Wildman–Crippen LogP) is 1.86. The molecule has 4 N–H and O–H groups in total. The summed E-state index contributed by atoms with van der Waals surface area (Å²) < 4.78 is 0.740. The molecule has 0 radical (unpaired) electrons. The van der Waals surface area contributed by atoms with Gasteiger partial charge in [-0.05, 0) is 39.9 Å². The van der Waals surface area contributed by atoms with E-state index in [1.165, 1.54) is 0 Å². The zero-order chi connectivity index (χ0) is 13.5. The number of halogens is 1. The number of carbonyl (C=O) groups excluding carboxylic acids is 1. The molecule has 18 heavy (non-hydrogen) atoms. The highest BCUT2D eigenvalue weighted by Gasteiger charge is 2.13. The number of anilines is 1. The van der Waals surface area contributed by atoms with Crippen molar-refractivity contribution in [2.24, 2.45) is 11.8 Å². The van der Waals surface area contributed by atoms with Crippen LogP contribution in [0.25, 0.3) is 0 Å². The molecular formula is C11H17BrN4OS. The number of pyridine rings is 1. The van der Waals surface area contributed by atoms with Gasteiger partial charge in [-0.2, -0.15) is 11.8 Å². The zero-order valence-corrected chi connectivity index (χ0v) is 12.8. The molecule has 0 aliphatic heterocycles. The zero-order valence-electron chi connectivity index (χ0n) is 10.4. The van der Waals surface area contributed by atoms with Gasteiger partial charge < -0.3 is 10.7 Å². The molecule has 100 valence electrons. The summed E-state index contributed by atoms with van der Waals surface area (Å²) in [5, 5.41) is 2.88. The van der Waals surface area contributed by atoms with Gasteiger partial charge in [-0.25, -0.2) is 10.8 Å². The van der Waals surface area contributed by atoms with Crippen molar-refractivity contribution in [2.75, 3.05) is 24.0 Å². The quantitative estimate of drug-likeness (QED) is 0.547. The van der Waals surface area contributed by atoms with Gasteiger partial charge in [-0.3, -0.25) is 4.79 Å². The minimum atomic E-state index is -0.176. The van der Waals surface area contributed by atoms with Gasteiger partial charge in [0, 0.05) is 17.2 Å². The van der Waals surface area contributed by atoms with E-state index in [9.17, 15) is 4.79 Å². The highest BCUT2D eigenvalue weighted by atomic mass is 79.9. The average Bonchev–Trinajstić information content (AvgIpc) is 2.36. The number of rotatable bonds is 6.